The Kier molecular flexibility index (Phi) is 3.62. The largest absolute Gasteiger partial charge is 0.481 e. The molecule has 1 heterocycles. The molecule has 0 aromatic heterocycles. The van der Waals surface area contributed by atoms with Gasteiger partial charge in [0.1, 0.15) is 6.04 Å². The number of amides is 2. The Bertz CT molecular complexity index is 292. The van der Waals surface area contributed by atoms with Crippen molar-refractivity contribution in [2.24, 2.45) is 5.73 Å². The third-order valence-corrected chi connectivity index (χ3v) is 2.19. The summed E-state index contributed by atoms with van der Waals surface area (Å²) < 4.78 is 0. The van der Waals surface area contributed by atoms with Crippen LogP contribution in [0, 0.1) is 0 Å². The highest BCUT2D eigenvalue weighted by Gasteiger charge is 2.33. The van der Waals surface area contributed by atoms with Gasteiger partial charge in [-0.25, -0.2) is 0 Å². The maximum Gasteiger partial charge on any atom is 0.305 e. The number of carbonyl (C=O) groups is 3. The second kappa shape index (κ2) is 4.74. The number of nitrogens with zero attached hydrogens (tertiary/aromatic N) is 1. The number of carboxylic acids is 1. The molecule has 1 atom stereocenters. The maximum absolute atomic E-state index is 11.4. The topological polar surface area (TPSA) is 113 Å². The Balaban J connectivity index is 2.77. The van der Waals surface area contributed by atoms with Crippen molar-refractivity contribution in [3.05, 3.63) is 0 Å². The van der Waals surface area contributed by atoms with Gasteiger partial charge < -0.3 is 21.1 Å². The fourth-order valence-electron chi connectivity index (χ4n) is 1.50. The molecule has 0 saturated carbocycles. The first-order chi connectivity index (χ1) is 7.06. The highest BCUT2D eigenvalue weighted by Crippen LogP contribution is 2.08. The van der Waals surface area contributed by atoms with E-state index in [-0.39, 0.29) is 6.54 Å². The van der Waals surface area contributed by atoms with E-state index in [2.05, 4.69) is 5.32 Å². The number of carboxylic acid groups (broad SMARTS) is 1. The molecule has 0 aromatic carbocycles. The smallest absolute Gasteiger partial charge is 0.305 e. The molecule has 0 aliphatic carbocycles. The molecule has 1 rings (SSSR count). The third kappa shape index (κ3) is 2.66. The zero-order valence-corrected chi connectivity index (χ0v) is 8.10. The summed E-state index contributed by atoms with van der Waals surface area (Å²) in [6.45, 7) is 0.420. The minimum absolute atomic E-state index is 0.219. The van der Waals surface area contributed by atoms with Crippen molar-refractivity contribution in [1.29, 1.82) is 0 Å². The summed E-state index contributed by atoms with van der Waals surface area (Å²) in [7, 11) is 0. The van der Waals surface area contributed by atoms with Crippen molar-refractivity contribution in [2.75, 3.05) is 19.6 Å². The van der Waals surface area contributed by atoms with E-state index in [1.807, 2.05) is 0 Å². The van der Waals surface area contributed by atoms with E-state index >= 15 is 0 Å². The van der Waals surface area contributed by atoms with Crippen molar-refractivity contribution >= 4 is 17.8 Å². The van der Waals surface area contributed by atoms with Crippen LogP contribution in [0.5, 0.6) is 0 Å². The summed E-state index contributed by atoms with van der Waals surface area (Å²) in [6, 6.07) is -0.938. The lowest BCUT2D eigenvalue weighted by atomic mass is 10.1. The molecule has 0 aromatic rings. The summed E-state index contributed by atoms with van der Waals surface area (Å²) in [5.74, 6) is -1.96. The number of nitrogens with two attached hydrogens (primary N) is 1. The predicted octanol–water partition coefficient (Wildman–Crippen LogP) is -2.25. The first-order valence-corrected chi connectivity index (χ1v) is 4.55. The lowest BCUT2D eigenvalue weighted by molar-refractivity contribution is -0.148. The Morgan fingerprint density at radius 2 is 2.27 bits per heavy atom. The van der Waals surface area contributed by atoms with Crippen molar-refractivity contribution in [3.63, 3.8) is 0 Å². The number of aliphatic carboxylic acids is 1. The molecule has 1 unspecified atom stereocenters. The first-order valence-electron chi connectivity index (χ1n) is 4.55. The summed E-state index contributed by atoms with van der Waals surface area (Å²) in [5, 5.41) is 11.1. The quantitative estimate of drug-likeness (QED) is 0.492. The highest BCUT2D eigenvalue weighted by molar-refractivity contribution is 5.92. The monoisotopic (exact) mass is 215 g/mol. The van der Waals surface area contributed by atoms with Gasteiger partial charge in [-0.15, -0.1) is 0 Å². The Morgan fingerprint density at radius 3 is 2.80 bits per heavy atom. The van der Waals surface area contributed by atoms with E-state index in [0.717, 1.165) is 0 Å². The van der Waals surface area contributed by atoms with Gasteiger partial charge in [0.2, 0.25) is 11.8 Å². The normalized spacial score (nSPS) is 21.0. The van der Waals surface area contributed by atoms with Crippen LogP contribution in [-0.4, -0.2) is 53.5 Å². The van der Waals surface area contributed by atoms with Gasteiger partial charge in [0.25, 0.3) is 0 Å². The van der Waals surface area contributed by atoms with Crippen molar-refractivity contribution < 1.29 is 19.5 Å². The molecule has 0 bridgehead atoms. The van der Waals surface area contributed by atoms with Gasteiger partial charge >= 0.3 is 5.97 Å². The van der Waals surface area contributed by atoms with Gasteiger partial charge in [-0.1, -0.05) is 0 Å². The van der Waals surface area contributed by atoms with E-state index in [1.165, 1.54) is 4.90 Å². The lowest BCUT2D eigenvalue weighted by Crippen LogP contribution is -2.58. The number of rotatable bonds is 3. The van der Waals surface area contributed by atoms with Crippen LogP contribution in [0.2, 0.25) is 0 Å². The molecule has 7 nitrogen and oxygen atoms in total. The van der Waals surface area contributed by atoms with Crippen molar-refractivity contribution in [3.8, 4) is 0 Å². The Morgan fingerprint density at radius 1 is 1.60 bits per heavy atom. The van der Waals surface area contributed by atoms with Crippen LogP contribution >= 0.6 is 0 Å². The third-order valence-electron chi connectivity index (χ3n) is 2.19. The second-order valence-corrected chi connectivity index (χ2v) is 3.20. The van der Waals surface area contributed by atoms with E-state index in [4.69, 9.17) is 10.8 Å². The number of piperazine rings is 1. The molecule has 2 amide bonds. The van der Waals surface area contributed by atoms with Gasteiger partial charge in [-0.3, -0.25) is 14.4 Å². The SMILES string of the molecule is NCC(=O)N1CCNC(=O)C1CC(=O)O. The van der Waals surface area contributed by atoms with Gasteiger partial charge in [-0.05, 0) is 0 Å². The molecule has 1 aliphatic rings. The maximum atomic E-state index is 11.4. The number of hydrogen-bond donors (Lipinski definition) is 3. The molecule has 1 fully saturated rings. The average Bonchev–Trinajstić information content (AvgIpc) is 2.19. The molecule has 15 heavy (non-hydrogen) atoms. The zero-order valence-electron chi connectivity index (χ0n) is 8.10. The molecule has 1 saturated heterocycles. The average molecular weight is 215 g/mol. The van der Waals surface area contributed by atoms with E-state index in [0.29, 0.717) is 13.1 Å². The highest BCUT2D eigenvalue weighted by atomic mass is 16.4. The number of carbonyl (C=O) groups excluding carboxylic acids is 2. The van der Waals surface area contributed by atoms with Crippen LogP contribution in [-0.2, 0) is 14.4 Å². The fourth-order valence-corrected chi connectivity index (χ4v) is 1.50. The van der Waals surface area contributed by atoms with Gasteiger partial charge in [0, 0.05) is 13.1 Å². The van der Waals surface area contributed by atoms with Crippen LogP contribution in [0.15, 0.2) is 0 Å². The van der Waals surface area contributed by atoms with Crippen molar-refractivity contribution in [2.45, 2.75) is 12.5 Å². The molecule has 0 radical (unpaired) electrons. The molecule has 4 N–H and O–H groups in total. The molecule has 7 heteroatoms. The van der Waals surface area contributed by atoms with Crippen LogP contribution < -0.4 is 11.1 Å². The van der Waals surface area contributed by atoms with Crippen LogP contribution in [0.3, 0.4) is 0 Å². The first kappa shape index (κ1) is 11.4. The van der Waals surface area contributed by atoms with Crippen molar-refractivity contribution in [1.82, 2.24) is 10.2 Å². The van der Waals surface area contributed by atoms with E-state index in [1.54, 1.807) is 0 Å². The number of hydrogen-bond acceptors (Lipinski definition) is 4. The second-order valence-electron chi connectivity index (χ2n) is 3.20. The minimum atomic E-state index is -1.12. The van der Waals surface area contributed by atoms with Gasteiger partial charge in [0.05, 0.1) is 13.0 Å². The van der Waals surface area contributed by atoms with Crippen LogP contribution in [0.4, 0.5) is 0 Å². The van der Waals surface area contributed by atoms with Crippen LogP contribution in [0.25, 0.3) is 0 Å². The summed E-state index contributed by atoms with van der Waals surface area (Å²) in [4.78, 5) is 34.4. The van der Waals surface area contributed by atoms with Crippen LogP contribution in [0.1, 0.15) is 6.42 Å². The van der Waals surface area contributed by atoms with Gasteiger partial charge in [-0.2, -0.15) is 0 Å². The fraction of sp³-hybridized carbons (Fsp3) is 0.625. The standard InChI is InChI=1S/C8H13N3O4/c9-4-6(12)11-2-1-10-8(15)5(11)3-7(13)14/h5H,1-4,9H2,(H,10,15)(H,13,14). The molecular formula is C8H13N3O4. The Hall–Kier alpha value is -1.63. The zero-order chi connectivity index (χ0) is 11.4. The predicted molar refractivity (Wildman–Crippen MR) is 49.8 cm³/mol. The summed E-state index contributed by atoms with van der Waals surface area (Å²) in [5.41, 5.74) is 5.17. The van der Waals surface area contributed by atoms with E-state index in [9.17, 15) is 14.4 Å². The molecule has 84 valence electrons. The Labute approximate surface area is 86.2 Å². The van der Waals surface area contributed by atoms with Gasteiger partial charge in [0.15, 0.2) is 0 Å². The molecule has 1 aliphatic heterocycles. The summed E-state index contributed by atoms with van der Waals surface area (Å²) in [6.07, 6.45) is -0.391. The van der Waals surface area contributed by atoms with E-state index < -0.39 is 30.2 Å². The lowest BCUT2D eigenvalue weighted by Gasteiger charge is -2.33. The molecule has 0 spiro atoms. The minimum Gasteiger partial charge on any atom is -0.481 e. The molecular weight excluding hydrogens is 202 g/mol. The summed E-state index contributed by atoms with van der Waals surface area (Å²) >= 11 is 0. The number of nitrogens with one attached hydrogen (secondary N) is 1.